The van der Waals surface area contributed by atoms with Crippen LogP contribution in [-0.4, -0.2) is 21.1 Å². The van der Waals surface area contributed by atoms with Crippen LogP contribution in [0.15, 0.2) is 36.7 Å². The van der Waals surface area contributed by atoms with Gasteiger partial charge < -0.3 is 10.4 Å². The van der Waals surface area contributed by atoms with Crippen molar-refractivity contribution in [2.24, 2.45) is 0 Å². The number of aromatic nitrogens is 2. The van der Waals surface area contributed by atoms with Crippen molar-refractivity contribution in [2.75, 3.05) is 5.32 Å². The molecule has 4 nitrogen and oxygen atoms in total. The van der Waals surface area contributed by atoms with Gasteiger partial charge in [0.1, 0.15) is 15.8 Å². The summed E-state index contributed by atoms with van der Waals surface area (Å²) in [6.45, 7) is 1.90. The van der Waals surface area contributed by atoms with Crippen LogP contribution in [0, 0.1) is 3.70 Å². The second kappa shape index (κ2) is 6.49. The molecule has 2 rings (SSSR count). The molecule has 2 unspecified atom stereocenters. The fourth-order valence-electron chi connectivity index (χ4n) is 1.67. The summed E-state index contributed by atoms with van der Waals surface area (Å²) in [4.78, 5) is 8.13. The van der Waals surface area contributed by atoms with E-state index in [-0.39, 0.29) is 6.04 Å². The summed E-state index contributed by atoms with van der Waals surface area (Å²) in [6.07, 6.45) is 0.857. The predicted molar refractivity (Wildman–Crippen MR) is 84.2 cm³/mol. The number of benzene rings is 1. The maximum Gasteiger partial charge on any atom is 0.130 e. The van der Waals surface area contributed by atoms with Gasteiger partial charge in [0.15, 0.2) is 0 Å². The maximum absolute atomic E-state index is 10.3. The molecule has 0 saturated heterocycles. The molecule has 2 atom stereocenters. The Morgan fingerprint density at radius 3 is 2.58 bits per heavy atom. The lowest BCUT2D eigenvalue weighted by atomic mass is 10.0. The topological polar surface area (TPSA) is 58.0 Å². The van der Waals surface area contributed by atoms with Gasteiger partial charge in [-0.2, -0.15) is 0 Å². The average Bonchev–Trinajstić information content (AvgIpc) is 2.39. The number of nitrogens with zero attached hydrogens (tertiary/aromatic N) is 2. The highest BCUT2D eigenvalue weighted by Crippen LogP contribution is 2.21. The summed E-state index contributed by atoms with van der Waals surface area (Å²) in [5.41, 5.74) is 0.813. The highest BCUT2D eigenvalue weighted by Gasteiger charge is 2.16. The molecule has 100 valence electrons. The van der Waals surface area contributed by atoms with Gasteiger partial charge in [0, 0.05) is 11.1 Å². The molecule has 0 aliphatic rings. The third-order valence-corrected chi connectivity index (χ3v) is 3.54. The third kappa shape index (κ3) is 4.02. The molecule has 19 heavy (non-hydrogen) atoms. The SMILES string of the molecule is CC(Nc1cc(I)ncn1)C(O)c1ccc(Cl)cc1. The van der Waals surface area contributed by atoms with Crippen molar-refractivity contribution in [3.05, 3.63) is 50.9 Å². The molecule has 2 N–H and O–H groups in total. The van der Waals surface area contributed by atoms with E-state index in [1.54, 1.807) is 12.1 Å². The molecule has 1 aromatic carbocycles. The van der Waals surface area contributed by atoms with Crippen LogP contribution in [0.3, 0.4) is 0 Å². The minimum Gasteiger partial charge on any atom is -0.386 e. The van der Waals surface area contributed by atoms with Gasteiger partial charge in [-0.15, -0.1) is 0 Å². The zero-order valence-electron chi connectivity index (χ0n) is 10.2. The number of aliphatic hydroxyl groups is 1. The fraction of sp³-hybridized carbons (Fsp3) is 0.231. The van der Waals surface area contributed by atoms with E-state index >= 15 is 0 Å². The molecule has 0 aliphatic heterocycles. The molecular formula is C13H13ClIN3O. The first kappa shape index (κ1) is 14.5. The van der Waals surface area contributed by atoms with Crippen LogP contribution >= 0.6 is 34.2 Å². The summed E-state index contributed by atoms with van der Waals surface area (Å²) in [6, 6.07) is 8.81. The molecular weight excluding hydrogens is 377 g/mol. The Kier molecular flexibility index (Phi) is 4.95. The van der Waals surface area contributed by atoms with Crippen LogP contribution in [0.5, 0.6) is 0 Å². The zero-order chi connectivity index (χ0) is 13.8. The Morgan fingerprint density at radius 1 is 1.26 bits per heavy atom. The van der Waals surface area contributed by atoms with Crippen LogP contribution in [0.4, 0.5) is 5.82 Å². The molecule has 0 saturated carbocycles. The zero-order valence-corrected chi connectivity index (χ0v) is 13.1. The van der Waals surface area contributed by atoms with Gasteiger partial charge in [0.2, 0.25) is 0 Å². The molecule has 0 spiro atoms. The van der Waals surface area contributed by atoms with E-state index < -0.39 is 6.10 Å². The average molecular weight is 390 g/mol. The number of rotatable bonds is 4. The monoisotopic (exact) mass is 389 g/mol. The van der Waals surface area contributed by atoms with Crippen molar-refractivity contribution < 1.29 is 5.11 Å². The van der Waals surface area contributed by atoms with Crippen molar-refractivity contribution in [3.8, 4) is 0 Å². The molecule has 1 aromatic heterocycles. The Bertz CT molecular complexity index is 550. The van der Waals surface area contributed by atoms with Crippen LogP contribution < -0.4 is 5.32 Å². The first-order valence-corrected chi connectivity index (χ1v) is 7.19. The molecule has 0 bridgehead atoms. The second-order valence-electron chi connectivity index (χ2n) is 4.16. The van der Waals surface area contributed by atoms with E-state index in [0.29, 0.717) is 10.8 Å². The molecule has 2 aromatic rings. The Morgan fingerprint density at radius 2 is 1.95 bits per heavy atom. The number of aliphatic hydroxyl groups excluding tert-OH is 1. The van der Waals surface area contributed by atoms with Crippen LogP contribution in [0.25, 0.3) is 0 Å². The third-order valence-electron chi connectivity index (χ3n) is 2.69. The molecule has 0 amide bonds. The highest BCUT2D eigenvalue weighted by atomic mass is 127. The van der Waals surface area contributed by atoms with Gasteiger partial charge in [-0.1, -0.05) is 23.7 Å². The molecule has 1 heterocycles. The van der Waals surface area contributed by atoms with Crippen molar-refractivity contribution in [3.63, 3.8) is 0 Å². The lowest BCUT2D eigenvalue weighted by molar-refractivity contribution is 0.160. The number of hydrogen-bond donors (Lipinski definition) is 2. The number of halogens is 2. The summed E-state index contributed by atoms with van der Waals surface area (Å²) in [5.74, 6) is 0.694. The lowest BCUT2D eigenvalue weighted by Gasteiger charge is -2.21. The maximum atomic E-state index is 10.3. The summed E-state index contributed by atoms with van der Waals surface area (Å²) in [5, 5.41) is 14.1. The van der Waals surface area contributed by atoms with Gasteiger partial charge in [0.25, 0.3) is 0 Å². The summed E-state index contributed by atoms with van der Waals surface area (Å²) < 4.78 is 0.850. The van der Waals surface area contributed by atoms with Crippen molar-refractivity contribution in [2.45, 2.75) is 19.1 Å². The Balaban J connectivity index is 2.07. The quantitative estimate of drug-likeness (QED) is 0.622. The van der Waals surface area contributed by atoms with Gasteiger partial charge in [0.05, 0.1) is 12.1 Å². The van der Waals surface area contributed by atoms with Gasteiger partial charge in [-0.3, -0.25) is 0 Å². The lowest BCUT2D eigenvalue weighted by Crippen LogP contribution is -2.24. The van der Waals surface area contributed by atoms with Crippen molar-refractivity contribution in [1.82, 2.24) is 9.97 Å². The summed E-state index contributed by atoms with van der Waals surface area (Å²) in [7, 11) is 0. The largest absolute Gasteiger partial charge is 0.386 e. The highest BCUT2D eigenvalue weighted by molar-refractivity contribution is 14.1. The van der Waals surface area contributed by atoms with Gasteiger partial charge in [-0.05, 0) is 47.2 Å². The van der Waals surface area contributed by atoms with Crippen LogP contribution in [-0.2, 0) is 0 Å². The van der Waals surface area contributed by atoms with E-state index in [2.05, 4.69) is 37.9 Å². The van der Waals surface area contributed by atoms with E-state index in [4.69, 9.17) is 11.6 Å². The van der Waals surface area contributed by atoms with E-state index in [9.17, 15) is 5.11 Å². The first-order chi connectivity index (χ1) is 9.06. The smallest absolute Gasteiger partial charge is 0.130 e. The molecule has 0 aliphatic carbocycles. The summed E-state index contributed by atoms with van der Waals surface area (Å²) >= 11 is 7.94. The minimum atomic E-state index is -0.634. The van der Waals surface area contributed by atoms with E-state index in [0.717, 1.165) is 9.26 Å². The number of hydrogen-bond acceptors (Lipinski definition) is 4. The van der Waals surface area contributed by atoms with E-state index in [1.807, 2.05) is 25.1 Å². The molecule has 0 radical (unpaired) electrons. The van der Waals surface area contributed by atoms with Crippen LogP contribution in [0.1, 0.15) is 18.6 Å². The fourth-order valence-corrected chi connectivity index (χ4v) is 2.22. The van der Waals surface area contributed by atoms with Gasteiger partial charge in [-0.25, -0.2) is 9.97 Å². The second-order valence-corrected chi connectivity index (χ2v) is 5.70. The Hall–Kier alpha value is -0.920. The van der Waals surface area contributed by atoms with Gasteiger partial charge >= 0.3 is 0 Å². The minimum absolute atomic E-state index is 0.174. The van der Waals surface area contributed by atoms with Crippen molar-refractivity contribution in [1.29, 1.82) is 0 Å². The molecule has 6 heteroatoms. The van der Waals surface area contributed by atoms with Crippen LogP contribution in [0.2, 0.25) is 5.02 Å². The number of anilines is 1. The number of nitrogens with one attached hydrogen (secondary N) is 1. The van der Waals surface area contributed by atoms with E-state index in [1.165, 1.54) is 6.33 Å². The Labute approximate surface area is 130 Å². The predicted octanol–water partition coefficient (Wildman–Crippen LogP) is 3.27. The molecule has 0 fully saturated rings. The standard InChI is InChI=1S/C13H13ClIN3O/c1-8(18-12-6-11(15)16-7-17-12)13(19)9-2-4-10(14)5-3-9/h2-8,13,19H,1H3,(H,16,17,18). The van der Waals surface area contributed by atoms with Crippen molar-refractivity contribution >= 4 is 40.0 Å². The normalized spacial score (nSPS) is 13.9. The first-order valence-electron chi connectivity index (χ1n) is 5.74.